The molecule has 0 saturated carbocycles. The van der Waals surface area contributed by atoms with Gasteiger partial charge in [-0.05, 0) is 17.5 Å². The summed E-state index contributed by atoms with van der Waals surface area (Å²) in [6.07, 6.45) is 1.05. The lowest BCUT2D eigenvalue weighted by Crippen LogP contribution is -2.68. The van der Waals surface area contributed by atoms with Crippen LogP contribution in [0.2, 0.25) is 0 Å². The molecule has 1 aromatic carbocycles. The molecule has 2 aliphatic heterocycles. The summed E-state index contributed by atoms with van der Waals surface area (Å²) in [7, 11) is 0. The first kappa shape index (κ1) is 12.2. The van der Waals surface area contributed by atoms with E-state index in [0.29, 0.717) is 26.4 Å². The Kier molecular flexibility index (Phi) is 2.93. The quantitative estimate of drug-likeness (QED) is 0.878. The van der Waals surface area contributed by atoms with Gasteiger partial charge in [-0.15, -0.1) is 0 Å². The van der Waals surface area contributed by atoms with Crippen LogP contribution in [0, 0.1) is 5.41 Å². The smallest absolute Gasteiger partial charge is 0.0593 e. The molecule has 1 N–H and O–H groups in total. The third-order valence-electron chi connectivity index (χ3n) is 4.69. The van der Waals surface area contributed by atoms with Gasteiger partial charge in [0.05, 0.1) is 43.9 Å². The zero-order valence-electron chi connectivity index (χ0n) is 10.8. The molecule has 2 heterocycles. The van der Waals surface area contributed by atoms with Gasteiger partial charge < -0.3 is 14.6 Å². The van der Waals surface area contributed by atoms with Crippen LogP contribution in [0.3, 0.4) is 0 Å². The highest BCUT2D eigenvalue weighted by atomic mass is 16.5. The number of hydrogen-bond donors (Lipinski definition) is 1. The van der Waals surface area contributed by atoms with Crippen LogP contribution in [0.25, 0.3) is 0 Å². The molecule has 18 heavy (non-hydrogen) atoms. The van der Waals surface area contributed by atoms with Crippen molar-refractivity contribution in [1.82, 2.24) is 0 Å². The number of ether oxygens (including phenoxy) is 2. The molecule has 0 amide bonds. The SMILES string of the molecule is CCc1ccc(C2(C3(CO)COC3)COC2)cc1. The predicted octanol–water partition coefficient (Wildman–Crippen LogP) is 1.53. The number of rotatable bonds is 4. The summed E-state index contributed by atoms with van der Waals surface area (Å²) in [4.78, 5) is 0. The molecule has 0 unspecified atom stereocenters. The maximum Gasteiger partial charge on any atom is 0.0593 e. The summed E-state index contributed by atoms with van der Waals surface area (Å²) in [5.41, 5.74) is 2.44. The maximum atomic E-state index is 9.76. The van der Waals surface area contributed by atoms with Crippen LogP contribution in [0.4, 0.5) is 0 Å². The van der Waals surface area contributed by atoms with Crippen LogP contribution in [0.5, 0.6) is 0 Å². The van der Waals surface area contributed by atoms with Crippen molar-refractivity contribution in [3.05, 3.63) is 35.4 Å². The van der Waals surface area contributed by atoms with Crippen molar-refractivity contribution in [1.29, 1.82) is 0 Å². The Morgan fingerprint density at radius 3 is 2.00 bits per heavy atom. The summed E-state index contributed by atoms with van der Waals surface area (Å²) < 4.78 is 10.8. The van der Waals surface area contributed by atoms with Crippen LogP contribution in [0.1, 0.15) is 18.1 Å². The average Bonchev–Trinajstić information content (AvgIpc) is 2.31. The Labute approximate surface area is 108 Å². The van der Waals surface area contributed by atoms with E-state index < -0.39 is 0 Å². The van der Waals surface area contributed by atoms with Crippen molar-refractivity contribution < 1.29 is 14.6 Å². The summed E-state index contributed by atoms with van der Waals surface area (Å²) in [6, 6.07) is 8.74. The van der Waals surface area contributed by atoms with Crippen LogP contribution >= 0.6 is 0 Å². The summed E-state index contributed by atoms with van der Waals surface area (Å²) in [6.45, 7) is 5.01. The highest BCUT2D eigenvalue weighted by Crippen LogP contribution is 2.51. The van der Waals surface area contributed by atoms with Gasteiger partial charge in [-0.3, -0.25) is 0 Å². The minimum absolute atomic E-state index is 0.0493. The third-order valence-corrected chi connectivity index (χ3v) is 4.69. The maximum absolute atomic E-state index is 9.76. The lowest BCUT2D eigenvalue weighted by atomic mass is 9.57. The lowest BCUT2D eigenvalue weighted by Gasteiger charge is -2.58. The van der Waals surface area contributed by atoms with Gasteiger partial charge in [0.1, 0.15) is 0 Å². The van der Waals surface area contributed by atoms with Crippen molar-refractivity contribution in [3.63, 3.8) is 0 Å². The minimum Gasteiger partial charge on any atom is -0.396 e. The van der Waals surface area contributed by atoms with Crippen LogP contribution < -0.4 is 0 Å². The van der Waals surface area contributed by atoms with E-state index >= 15 is 0 Å². The molecule has 0 atom stereocenters. The van der Waals surface area contributed by atoms with Crippen LogP contribution in [-0.4, -0.2) is 38.1 Å². The molecule has 0 radical (unpaired) electrons. The molecule has 3 nitrogen and oxygen atoms in total. The second-order valence-corrected chi connectivity index (χ2v) is 5.56. The molecule has 3 heteroatoms. The van der Waals surface area contributed by atoms with Gasteiger partial charge in [0, 0.05) is 0 Å². The van der Waals surface area contributed by atoms with Crippen LogP contribution in [0.15, 0.2) is 24.3 Å². The standard InChI is InChI=1S/C15H20O3/c1-2-12-3-5-13(6-4-12)15(10-18-11-15)14(7-16)8-17-9-14/h3-6,16H,2,7-11H2,1H3. The van der Waals surface area contributed by atoms with Gasteiger partial charge in [-0.2, -0.15) is 0 Å². The van der Waals surface area contributed by atoms with E-state index in [1.54, 1.807) is 0 Å². The number of aryl methyl sites for hydroxylation is 1. The Bertz CT molecular complexity index is 410. The minimum atomic E-state index is -0.140. The van der Waals surface area contributed by atoms with Gasteiger partial charge in [0.2, 0.25) is 0 Å². The first-order valence-electron chi connectivity index (χ1n) is 6.62. The molecule has 1 aromatic rings. The molecule has 0 aromatic heterocycles. The van der Waals surface area contributed by atoms with Crippen molar-refractivity contribution in [2.24, 2.45) is 5.41 Å². The fraction of sp³-hybridized carbons (Fsp3) is 0.600. The third kappa shape index (κ3) is 1.48. The molecule has 98 valence electrons. The van der Waals surface area contributed by atoms with Crippen molar-refractivity contribution in [3.8, 4) is 0 Å². The van der Waals surface area contributed by atoms with E-state index in [4.69, 9.17) is 9.47 Å². The molecule has 2 saturated heterocycles. The topological polar surface area (TPSA) is 38.7 Å². The van der Waals surface area contributed by atoms with E-state index in [9.17, 15) is 5.11 Å². The van der Waals surface area contributed by atoms with Crippen molar-refractivity contribution in [2.45, 2.75) is 18.8 Å². The highest BCUT2D eigenvalue weighted by molar-refractivity contribution is 5.35. The average molecular weight is 248 g/mol. The van der Waals surface area contributed by atoms with Gasteiger partial charge in [0.15, 0.2) is 0 Å². The number of aliphatic hydroxyl groups is 1. The van der Waals surface area contributed by atoms with Gasteiger partial charge in [0.25, 0.3) is 0 Å². The zero-order chi connectivity index (χ0) is 12.6. The molecule has 0 spiro atoms. The monoisotopic (exact) mass is 248 g/mol. The Hall–Kier alpha value is -0.900. The predicted molar refractivity (Wildman–Crippen MR) is 68.7 cm³/mol. The Morgan fingerprint density at radius 2 is 1.67 bits per heavy atom. The first-order valence-corrected chi connectivity index (χ1v) is 6.62. The van der Waals surface area contributed by atoms with Crippen molar-refractivity contribution >= 4 is 0 Å². The van der Waals surface area contributed by atoms with E-state index in [-0.39, 0.29) is 17.4 Å². The Morgan fingerprint density at radius 1 is 1.06 bits per heavy atom. The molecule has 0 bridgehead atoms. The molecule has 3 rings (SSSR count). The summed E-state index contributed by atoms with van der Waals surface area (Å²) >= 11 is 0. The highest BCUT2D eigenvalue weighted by Gasteiger charge is 2.60. The second-order valence-electron chi connectivity index (χ2n) is 5.56. The summed E-state index contributed by atoms with van der Waals surface area (Å²) in [5.74, 6) is 0. The van der Waals surface area contributed by atoms with Gasteiger partial charge in [-0.1, -0.05) is 31.2 Å². The van der Waals surface area contributed by atoms with Crippen LogP contribution in [-0.2, 0) is 21.3 Å². The van der Waals surface area contributed by atoms with E-state index in [1.165, 1.54) is 11.1 Å². The zero-order valence-corrected chi connectivity index (χ0v) is 10.8. The Balaban J connectivity index is 1.95. The molecule has 2 aliphatic rings. The molecular weight excluding hydrogens is 228 g/mol. The van der Waals surface area contributed by atoms with Gasteiger partial charge in [-0.25, -0.2) is 0 Å². The molecule has 0 aliphatic carbocycles. The second kappa shape index (κ2) is 4.34. The largest absolute Gasteiger partial charge is 0.396 e. The number of benzene rings is 1. The van der Waals surface area contributed by atoms with E-state index in [2.05, 4.69) is 31.2 Å². The normalized spacial score (nSPS) is 24.1. The molecular formula is C15H20O3. The molecule has 2 fully saturated rings. The van der Waals surface area contributed by atoms with E-state index in [1.807, 2.05) is 0 Å². The first-order chi connectivity index (χ1) is 8.76. The van der Waals surface area contributed by atoms with E-state index in [0.717, 1.165) is 6.42 Å². The number of hydrogen-bond acceptors (Lipinski definition) is 3. The van der Waals surface area contributed by atoms with Crippen molar-refractivity contribution in [2.75, 3.05) is 33.0 Å². The number of aliphatic hydroxyl groups excluding tert-OH is 1. The fourth-order valence-electron chi connectivity index (χ4n) is 3.01. The lowest BCUT2D eigenvalue weighted by molar-refractivity contribution is -0.242. The van der Waals surface area contributed by atoms with Gasteiger partial charge >= 0.3 is 0 Å². The fourth-order valence-corrected chi connectivity index (χ4v) is 3.01. The summed E-state index contributed by atoms with van der Waals surface area (Å²) in [5, 5.41) is 9.76.